The van der Waals surface area contributed by atoms with Crippen molar-refractivity contribution in [3.8, 4) is 11.8 Å². The van der Waals surface area contributed by atoms with Gasteiger partial charge in [-0.2, -0.15) is 5.26 Å². The van der Waals surface area contributed by atoms with Gasteiger partial charge in [0.15, 0.2) is 0 Å². The molecule has 0 spiro atoms. The second kappa shape index (κ2) is 3.37. The summed E-state index contributed by atoms with van der Waals surface area (Å²) in [6.45, 7) is 0.189. The van der Waals surface area contributed by atoms with Crippen molar-refractivity contribution in [2.24, 2.45) is 0 Å². The zero-order chi connectivity index (χ0) is 10.9. The van der Waals surface area contributed by atoms with Crippen LogP contribution in [0.25, 0.3) is 0 Å². The summed E-state index contributed by atoms with van der Waals surface area (Å²) >= 11 is 0. The summed E-state index contributed by atoms with van der Waals surface area (Å²) < 4.78 is 9.85. The first kappa shape index (κ1) is 9.69. The molecule has 0 amide bonds. The molecule has 1 aliphatic rings. The van der Waals surface area contributed by atoms with Gasteiger partial charge in [0.25, 0.3) is 0 Å². The second-order valence-corrected chi connectivity index (χ2v) is 3.29. The number of benzene rings is 1. The maximum atomic E-state index is 11.8. The number of Topliss-reactive ketones (excluding diaryl/α,β-unsaturated/α-hetero) is 1. The molecule has 1 aromatic rings. The molecule has 1 heterocycles. The Balaban J connectivity index is 2.24. The molecule has 1 atom stereocenters. The van der Waals surface area contributed by atoms with Crippen molar-refractivity contribution in [1.29, 1.82) is 5.26 Å². The average molecular weight is 203 g/mol. The fraction of sp³-hybridized carbons (Fsp3) is 0.273. The zero-order valence-electron chi connectivity index (χ0n) is 8.19. The minimum atomic E-state index is -1.23. The van der Waals surface area contributed by atoms with E-state index in [1.807, 2.05) is 6.07 Å². The number of ketones is 1. The topological polar surface area (TPSA) is 62.6 Å². The quantitative estimate of drug-likeness (QED) is 0.546. The van der Waals surface area contributed by atoms with E-state index in [1.165, 1.54) is 0 Å². The molecule has 0 N–H and O–H groups in total. The lowest BCUT2D eigenvalue weighted by atomic mass is 10.00. The molecule has 1 unspecified atom stereocenters. The van der Waals surface area contributed by atoms with Gasteiger partial charge in [0.1, 0.15) is 11.8 Å². The number of hydrogen-bond donors (Lipinski definition) is 0. The Hall–Kier alpha value is -1.86. The first-order chi connectivity index (χ1) is 7.22. The predicted octanol–water partition coefficient (Wildman–Crippen LogP) is 1.17. The molecule has 0 saturated carbocycles. The number of nitrogens with zero attached hydrogens (tertiary/aromatic N) is 1. The number of epoxide rings is 1. The third-order valence-corrected chi connectivity index (χ3v) is 2.33. The van der Waals surface area contributed by atoms with Crippen LogP contribution in [0, 0.1) is 11.3 Å². The Morgan fingerprint density at radius 3 is 2.53 bits per heavy atom. The fourth-order valence-corrected chi connectivity index (χ4v) is 1.29. The monoisotopic (exact) mass is 203 g/mol. The number of ether oxygens (including phenoxy) is 2. The summed E-state index contributed by atoms with van der Waals surface area (Å²) in [5.41, 5.74) is -0.760. The number of rotatable bonds is 3. The van der Waals surface area contributed by atoms with E-state index in [0.29, 0.717) is 11.3 Å². The van der Waals surface area contributed by atoms with Crippen LogP contribution in [-0.2, 0) is 4.74 Å². The van der Waals surface area contributed by atoms with Crippen molar-refractivity contribution in [1.82, 2.24) is 0 Å². The van der Waals surface area contributed by atoms with Gasteiger partial charge in [0.05, 0.1) is 13.7 Å². The normalized spacial score (nSPS) is 22.9. The van der Waals surface area contributed by atoms with E-state index in [9.17, 15) is 4.79 Å². The molecular formula is C11H9NO3. The lowest BCUT2D eigenvalue weighted by Crippen LogP contribution is -2.22. The Bertz CT molecular complexity index is 426. The number of hydrogen-bond acceptors (Lipinski definition) is 4. The van der Waals surface area contributed by atoms with Crippen LogP contribution in [0.5, 0.6) is 5.75 Å². The second-order valence-electron chi connectivity index (χ2n) is 3.29. The molecule has 1 saturated heterocycles. The molecule has 2 rings (SSSR count). The van der Waals surface area contributed by atoms with E-state index in [4.69, 9.17) is 14.7 Å². The van der Waals surface area contributed by atoms with Crippen LogP contribution in [0.1, 0.15) is 10.4 Å². The SMILES string of the molecule is COc1ccc(C(=O)C2(C#N)CO2)cc1. The molecule has 15 heavy (non-hydrogen) atoms. The van der Waals surface area contributed by atoms with Crippen molar-refractivity contribution in [2.75, 3.05) is 13.7 Å². The molecule has 0 aliphatic carbocycles. The summed E-state index contributed by atoms with van der Waals surface area (Å²) in [4.78, 5) is 11.8. The number of nitriles is 1. The van der Waals surface area contributed by atoms with Gasteiger partial charge in [-0.1, -0.05) is 0 Å². The van der Waals surface area contributed by atoms with Crippen LogP contribution in [0.2, 0.25) is 0 Å². The van der Waals surface area contributed by atoms with Crippen LogP contribution in [0.3, 0.4) is 0 Å². The minimum absolute atomic E-state index is 0.189. The fourth-order valence-electron chi connectivity index (χ4n) is 1.29. The van der Waals surface area contributed by atoms with Crippen LogP contribution in [0.4, 0.5) is 0 Å². The first-order valence-electron chi connectivity index (χ1n) is 4.46. The van der Waals surface area contributed by atoms with Gasteiger partial charge >= 0.3 is 0 Å². The van der Waals surface area contributed by atoms with E-state index in [0.717, 1.165) is 0 Å². The lowest BCUT2D eigenvalue weighted by molar-refractivity contribution is 0.0914. The van der Waals surface area contributed by atoms with Gasteiger partial charge in [-0.25, -0.2) is 0 Å². The largest absolute Gasteiger partial charge is 0.497 e. The van der Waals surface area contributed by atoms with Crippen molar-refractivity contribution < 1.29 is 14.3 Å². The highest BCUT2D eigenvalue weighted by atomic mass is 16.6. The Kier molecular flexibility index (Phi) is 2.18. The molecular weight excluding hydrogens is 194 g/mol. The van der Waals surface area contributed by atoms with Gasteiger partial charge in [-0.05, 0) is 24.3 Å². The van der Waals surface area contributed by atoms with Crippen LogP contribution in [0.15, 0.2) is 24.3 Å². The molecule has 0 radical (unpaired) electrons. The Morgan fingerprint density at radius 2 is 2.13 bits per heavy atom. The average Bonchev–Trinajstić information content (AvgIpc) is 3.09. The van der Waals surface area contributed by atoms with E-state index in [2.05, 4.69) is 0 Å². The predicted molar refractivity (Wildman–Crippen MR) is 51.6 cm³/mol. The van der Waals surface area contributed by atoms with E-state index in [1.54, 1.807) is 31.4 Å². The molecule has 76 valence electrons. The van der Waals surface area contributed by atoms with Crippen molar-refractivity contribution >= 4 is 5.78 Å². The summed E-state index contributed by atoms with van der Waals surface area (Å²) in [6, 6.07) is 8.49. The summed E-state index contributed by atoms with van der Waals surface area (Å²) in [6.07, 6.45) is 0. The minimum Gasteiger partial charge on any atom is -0.497 e. The molecule has 1 fully saturated rings. The third kappa shape index (κ3) is 1.58. The van der Waals surface area contributed by atoms with Crippen molar-refractivity contribution in [3.63, 3.8) is 0 Å². The molecule has 4 heteroatoms. The Labute approximate surface area is 87.0 Å². The third-order valence-electron chi connectivity index (χ3n) is 2.33. The van der Waals surface area contributed by atoms with E-state index in [-0.39, 0.29) is 12.4 Å². The van der Waals surface area contributed by atoms with Gasteiger partial charge in [0, 0.05) is 5.56 Å². The lowest BCUT2D eigenvalue weighted by Gasteiger charge is -2.03. The molecule has 1 aliphatic heterocycles. The number of carbonyl (C=O) groups excluding carboxylic acids is 1. The first-order valence-corrected chi connectivity index (χ1v) is 4.46. The highest BCUT2D eigenvalue weighted by Crippen LogP contribution is 2.30. The van der Waals surface area contributed by atoms with Crippen LogP contribution < -0.4 is 4.74 Å². The van der Waals surface area contributed by atoms with E-state index < -0.39 is 5.60 Å². The molecule has 0 aromatic heterocycles. The summed E-state index contributed by atoms with van der Waals surface area (Å²) in [5.74, 6) is 0.391. The van der Waals surface area contributed by atoms with Crippen molar-refractivity contribution in [3.05, 3.63) is 29.8 Å². The standard InChI is InChI=1S/C11H9NO3/c1-14-9-4-2-8(3-5-9)10(13)11(6-12)7-15-11/h2-5H,7H2,1H3. The van der Waals surface area contributed by atoms with Gasteiger partial charge in [0.2, 0.25) is 11.4 Å². The molecule has 0 bridgehead atoms. The maximum absolute atomic E-state index is 11.8. The maximum Gasteiger partial charge on any atom is 0.240 e. The number of methoxy groups -OCH3 is 1. The number of carbonyl (C=O) groups is 1. The van der Waals surface area contributed by atoms with E-state index >= 15 is 0 Å². The van der Waals surface area contributed by atoms with Crippen LogP contribution in [-0.4, -0.2) is 25.1 Å². The van der Waals surface area contributed by atoms with Crippen molar-refractivity contribution in [2.45, 2.75) is 5.60 Å². The summed E-state index contributed by atoms with van der Waals surface area (Å²) in [5, 5.41) is 8.77. The highest BCUT2D eigenvalue weighted by Gasteiger charge is 2.53. The van der Waals surface area contributed by atoms with Gasteiger partial charge in [-0.3, -0.25) is 4.79 Å². The highest BCUT2D eigenvalue weighted by molar-refractivity contribution is 6.06. The van der Waals surface area contributed by atoms with Gasteiger partial charge < -0.3 is 9.47 Å². The molecule has 1 aromatic carbocycles. The molecule has 4 nitrogen and oxygen atoms in total. The smallest absolute Gasteiger partial charge is 0.240 e. The Morgan fingerprint density at radius 1 is 1.53 bits per heavy atom. The zero-order valence-corrected chi connectivity index (χ0v) is 8.19. The summed E-state index contributed by atoms with van der Waals surface area (Å²) in [7, 11) is 1.55. The van der Waals surface area contributed by atoms with Crippen LogP contribution >= 0.6 is 0 Å². The van der Waals surface area contributed by atoms with Gasteiger partial charge in [-0.15, -0.1) is 0 Å².